The van der Waals surface area contributed by atoms with Crippen LogP contribution in [0.15, 0.2) is 59.0 Å². The van der Waals surface area contributed by atoms with E-state index < -0.39 is 18.2 Å². The summed E-state index contributed by atoms with van der Waals surface area (Å²) in [4.78, 5) is 3.86. The molecule has 2 nitrogen and oxygen atoms in total. The second-order valence-corrected chi connectivity index (χ2v) is 4.35. The summed E-state index contributed by atoms with van der Waals surface area (Å²) in [5.74, 6) is -3.64. The fraction of sp³-hybridized carbons (Fsp3) is 0.133. The predicted octanol–water partition coefficient (Wildman–Crippen LogP) is 4.16. The Kier molecular flexibility index (Phi) is 2.78. The molecule has 2 aromatic carbocycles. The lowest BCUT2D eigenvalue weighted by molar-refractivity contribution is -0.0292. The molecule has 0 aliphatic carbocycles. The summed E-state index contributed by atoms with van der Waals surface area (Å²) in [6.07, 6.45) is -0.416. The predicted molar refractivity (Wildman–Crippen MR) is 68.0 cm³/mol. The van der Waals surface area contributed by atoms with Gasteiger partial charge in [0.15, 0.2) is 5.58 Å². The van der Waals surface area contributed by atoms with Crippen LogP contribution in [0, 0.1) is 0 Å². The molecule has 0 amide bonds. The molecule has 0 unspecified atom stereocenters. The fourth-order valence-electron chi connectivity index (χ4n) is 1.96. The lowest BCUT2D eigenvalue weighted by atomic mass is 10.1. The number of benzene rings is 2. The highest BCUT2D eigenvalue weighted by Crippen LogP contribution is 2.33. The molecule has 3 aromatic rings. The molecule has 0 saturated heterocycles. The van der Waals surface area contributed by atoms with Gasteiger partial charge in [-0.2, -0.15) is 8.78 Å². The summed E-state index contributed by atoms with van der Waals surface area (Å²) < 4.78 is 33.4. The summed E-state index contributed by atoms with van der Waals surface area (Å²) in [6, 6.07) is 15.3. The number of hydrogen-bond donors (Lipinski definition) is 0. The summed E-state index contributed by atoms with van der Waals surface area (Å²) in [5, 5.41) is 0. The molecular weight excluding hydrogens is 248 g/mol. The molecule has 0 bridgehead atoms. The summed E-state index contributed by atoms with van der Waals surface area (Å²) in [5.41, 5.74) is 1.38. The molecule has 0 atom stereocenters. The lowest BCUT2D eigenvalue weighted by Crippen LogP contribution is -2.17. The molecule has 0 saturated carbocycles. The van der Waals surface area contributed by atoms with Gasteiger partial charge in [-0.3, -0.25) is 0 Å². The highest BCUT2D eigenvalue weighted by Gasteiger charge is 2.37. The first-order valence-electron chi connectivity index (χ1n) is 5.93. The van der Waals surface area contributed by atoms with E-state index in [1.54, 1.807) is 54.6 Å². The monoisotopic (exact) mass is 259 g/mol. The number of oxazole rings is 1. The maximum Gasteiger partial charge on any atom is 0.326 e. The van der Waals surface area contributed by atoms with Crippen LogP contribution in [0.2, 0.25) is 0 Å². The molecule has 0 radical (unpaired) electrons. The molecule has 96 valence electrons. The van der Waals surface area contributed by atoms with Crippen molar-refractivity contribution in [1.82, 2.24) is 4.98 Å². The van der Waals surface area contributed by atoms with Crippen LogP contribution in [-0.2, 0) is 12.3 Å². The first-order valence-corrected chi connectivity index (χ1v) is 5.93. The Morgan fingerprint density at radius 1 is 0.947 bits per heavy atom. The standard InChI is InChI=1S/C15H11F2NO/c16-15(17,10-11-6-2-1-3-7-11)14-18-12-8-4-5-9-13(12)19-14/h1-9H,10H2. The molecule has 0 aliphatic rings. The number of hydrogen-bond acceptors (Lipinski definition) is 2. The van der Waals surface area contributed by atoms with Crippen LogP contribution >= 0.6 is 0 Å². The minimum absolute atomic E-state index is 0.380. The van der Waals surface area contributed by atoms with Gasteiger partial charge in [-0.25, -0.2) is 4.98 Å². The van der Waals surface area contributed by atoms with E-state index in [1.807, 2.05) is 0 Å². The van der Waals surface area contributed by atoms with Crippen LogP contribution in [-0.4, -0.2) is 4.98 Å². The molecule has 19 heavy (non-hydrogen) atoms. The number of nitrogens with zero attached hydrogens (tertiary/aromatic N) is 1. The number of rotatable bonds is 3. The second kappa shape index (κ2) is 4.46. The van der Waals surface area contributed by atoms with Crippen molar-refractivity contribution in [3.05, 3.63) is 66.1 Å². The third-order valence-corrected chi connectivity index (χ3v) is 2.88. The number of alkyl halides is 2. The van der Waals surface area contributed by atoms with Crippen molar-refractivity contribution in [3.8, 4) is 0 Å². The van der Waals surface area contributed by atoms with Crippen LogP contribution in [0.4, 0.5) is 8.78 Å². The van der Waals surface area contributed by atoms with Gasteiger partial charge in [0.05, 0.1) is 0 Å². The van der Waals surface area contributed by atoms with Crippen LogP contribution in [0.25, 0.3) is 11.1 Å². The summed E-state index contributed by atoms with van der Waals surface area (Å²) in [6.45, 7) is 0. The molecule has 3 rings (SSSR count). The van der Waals surface area contributed by atoms with Gasteiger partial charge in [0.25, 0.3) is 5.89 Å². The van der Waals surface area contributed by atoms with E-state index in [2.05, 4.69) is 4.98 Å². The molecule has 0 spiro atoms. The summed E-state index contributed by atoms with van der Waals surface area (Å²) in [7, 11) is 0. The lowest BCUT2D eigenvalue weighted by Gasteiger charge is -2.11. The third-order valence-electron chi connectivity index (χ3n) is 2.88. The van der Waals surface area contributed by atoms with Crippen molar-refractivity contribution in [3.63, 3.8) is 0 Å². The van der Waals surface area contributed by atoms with Crippen LogP contribution in [0.5, 0.6) is 0 Å². The van der Waals surface area contributed by atoms with Gasteiger partial charge in [-0.1, -0.05) is 42.5 Å². The van der Waals surface area contributed by atoms with Crippen molar-refractivity contribution >= 4 is 11.1 Å². The zero-order valence-corrected chi connectivity index (χ0v) is 10.0. The van der Waals surface area contributed by atoms with Gasteiger partial charge >= 0.3 is 5.92 Å². The zero-order valence-electron chi connectivity index (χ0n) is 10.0. The van der Waals surface area contributed by atoms with Crippen LogP contribution in [0.1, 0.15) is 11.5 Å². The zero-order chi connectivity index (χ0) is 13.3. The van der Waals surface area contributed by atoms with E-state index in [1.165, 1.54) is 0 Å². The number of aromatic nitrogens is 1. The molecule has 1 heterocycles. The highest BCUT2D eigenvalue weighted by atomic mass is 19.3. The first kappa shape index (κ1) is 11.8. The van der Waals surface area contributed by atoms with Gasteiger partial charge in [-0.15, -0.1) is 0 Å². The van der Waals surface area contributed by atoms with E-state index in [4.69, 9.17) is 4.42 Å². The Labute approximate surface area is 108 Å². The molecule has 4 heteroatoms. The van der Waals surface area contributed by atoms with Gasteiger partial charge in [-0.05, 0) is 17.7 Å². The number of fused-ring (bicyclic) bond motifs is 1. The van der Waals surface area contributed by atoms with Crippen LogP contribution < -0.4 is 0 Å². The van der Waals surface area contributed by atoms with Gasteiger partial charge in [0, 0.05) is 6.42 Å². The molecule has 0 N–H and O–H groups in total. The van der Waals surface area contributed by atoms with Crippen molar-refractivity contribution < 1.29 is 13.2 Å². The van der Waals surface area contributed by atoms with E-state index in [0.29, 0.717) is 16.7 Å². The fourth-order valence-corrected chi connectivity index (χ4v) is 1.96. The number of halogens is 2. The Morgan fingerprint density at radius 2 is 1.63 bits per heavy atom. The minimum atomic E-state index is -3.11. The maximum atomic E-state index is 14.1. The van der Waals surface area contributed by atoms with Gasteiger partial charge < -0.3 is 4.42 Å². The SMILES string of the molecule is FC(F)(Cc1ccccc1)c1nc2ccccc2o1. The van der Waals surface area contributed by atoms with E-state index in [0.717, 1.165) is 0 Å². The van der Waals surface area contributed by atoms with Crippen molar-refractivity contribution in [2.24, 2.45) is 0 Å². The Morgan fingerprint density at radius 3 is 2.37 bits per heavy atom. The molecular formula is C15H11F2NO. The minimum Gasteiger partial charge on any atom is -0.435 e. The third kappa shape index (κ3) is 2.34. The smallest absolute Gasteiger partial charge is 0.326 e. The topological polar surface area (TPSA) is 26.0 Å². The second-order valence-electron chi connectivity index (χ2n) is 4.35. The average molecular weight is 259 g/mol. The Balaban J connectivity index is 1.95. The Hall–Kier alpha value is -2.23. The number of para-hydroxylation sites is 2. The highest BCUT2D eigenvalue weighted by molar-refractivity contribution is 5.72. The van der Waals surface area contributed by atoms with E-state index in [-0.39, 0.29) is 0 Å². The molecule has 0 fully saturated rings. The van der Waals surface area contributed by atoms with Crippen molar-refractivity contribution in [1.29, 1.82) is 0 Å². The Bertz CT molecular complexity index is 658. The molecule has 0 aliphatic heterocycles. The summed E-state index contributed by atoms with van der Waals surface area (Å²) >= 11 is 0. The van der Waals surface area contributed by atoms with E-state index in [9.17, 15) is 8.78 Å². The maximum absolute atomic E-state index is 14.1. The normalized spacial score (nSPS) is 11.9. The van der Waals surface area contributed by atoms with Crippen molar-refractivity contribution in [2.45, 2.75) is 12.3 Å². The van der Waals surface area contributed by atoms with E-state index >= 15 is 0 Å². The van der Waals surface area contributed by atoms with Gasteiger partial charge in [0.1, 0.15) is 5.52 Å². The first-order chi connectivity index (χ1) is 9.15. The molecule has 1 aromatic heterocycles. The van der Waals surface area contributed by atoms with Crippen molar-refractivity contribution in [2.75, 3.05) is 0 Å². The van der Waals surface area contributed by atoms with Crippen LogP contribution in [0.3, 0.4) is 0 Å². The van der Waals surface area contributed by atoms with Gasteiger partial charge in [0.2, 0.25) is 0 Å². The quantitative estimate of drug-likeness (QED) is 0.705. The average Bonchev–Trinajstić information content (AvgIpc) is 2.84. The largest absolute Gasteiger partial charge is 0.435 e.